The molecule has 6 nitrogen and oxygen atoms in total. The summed E-state index contributed by atoms with van der Waals surface area (Å²) in [5.74, 6) is -0.963. The van der Waals surface area contributed by atoms with Crippen molar-refractivity contribution in [2.75, 3.05) is 0 Å². The minimum Gasteiger partial charge on any atom is -0.479 e. The molecule has 0 aliphatic heterocycles. The van der Waals surface area contributed by atoms with Crippen molar-refractivity contribution in [1.29, 1.82) is 0 Å². The Balaban J connectivity index is 2.38. The van der Waals surface area contributed by atoms with Gasteiger partial charge in [0.2, 0.25) is 0 Å². The molecule has 6 heteroatoms. The SMILES string of the molecule is CC(C)(C(=O)O)n1cc(-c2ccccn2)nn1. The molecule has 0 atom stereocenters. The first-order chi connectivity index (χ1) is 8.01. The zero-order valence-corrected chi connectivity index (χ0v) is 9.53. The van der Waals surface area contributed by atoms with Crippen molar-refractivity contribution in [3.05, 3.63) is 30.6 Å². The van der Waals surface area contributed by atoms with Crippen molar-refractivity contribution in [3.63, 3.8) is 0 Å². The molecule has 0 aliphatic carbocycles. The first kappa shape index (κ1) is 11.3. The van der Waals surface area contributed by atoms with Gasteiger partial charge < -0.3 is 5.11 Å². The van der Waals surface area contributed by atoms with Gasteiger partial charge in [-0.15, -0.1) is 5.10 Å². The highest BCUT2D eigenvalue weighted by Gasteiger charge is 2.30. The molecular weight excluding hydrogens is 220 g/mol. The third kappa shape index (κ3) is 2.01. The molecule has 2 aromatic heterocycles. The second kappa shape index (κ2) is 3.97. The van der Waals surface area contributed by atoms with Crippen LogP contribution in [0, 0.1) is 0 Å². The largest absolute Gasteiger partial charge is 0.479 e. The lowest BCUT2D eigenvalue weighted by Crippen LogP contribution is -2.36. The van der Waals surface area contributed by atoms with Crippen LogP contribution in [0.15, 0.2) is 30.6 Å². The molecular formula is C11H12N4O2. The van der Waals surface area contributed by atoms with Crippen LogP contribution >= 0.6 is 0 Å². The minimum absolute atomic E-state index is 0.555. The summed E-state index contributed by atoms with van der Waals surface area (Å²) in [5, 5.41) is 16.8. The van der Waals surface area contributed by atoms with Crippen LogP contribution in [0.2, 0.25) is 0 Å². The Morgan fingerprint density at radius 3 is 2.71 bits per heavy atom. The van der Waals surface area contributed by atoms with Gasteiger partial charge in [0.25, 0.3) is 0 Å². The van der Waals surface area contributed by atoms with Gasteiger partial charge in [0, 0.05) is 6.20 Å². The van der Waals surface area contributed by atoms with Crippen molar-refractivity contribution in [2.24, 2.45) is 0 Å². The van der Waals surface area contributed by atoms with Gasteiger partial charge in [0.05, 0.1) is 11.9 Å². The molecule has 1 N–H and O–H groups in total. The number of carboxylic acids is 1. The zero-order valence-electron chi connectivity index (χ0n) is 9.53. The molecule has 2 aromatic rings. The predicted molar refractivity (Wildman–Crippen MR) is 60.2 cm³/mol. The number of nitrogens with zero attached hydrogens (tertiary/aromatic N) is 4. The number of carbonyl (C=O) groups is 1. The number of aliphatic carboxylic acids is 1. The van der Waals surface area contributed by atoms with Crippen molar-refractivity contribution < 1.29 is 9.90 Å². The summed E-state index contributed by atoms with van der Waals surface area (Å²) in [7, 11) is 0. The van der Waals surface area contributed by atoms with Crippen LogP contribution in [0.4, 0.5) is 0 Å². The van der Waals surface area contributed by atoms with Crippen molar-refractivity contribution in [3.8, 4) is 11.4 Å². The van der Waals surface area contributed by atoms with E-state index in [1.54, 1.807) is 38.4 Å². The van der Waals surface area contributed by atoms with Crippen LogP contribution in [-0.2, 0) is 10.3 Å². The van der Waals surface area contributed by atoms with Crippen molar-refractivity contribution in [1.82, 2.24) is 20.0 Å². The number of hydrogen-bond acceptors (Lipinski definition) is 4. The maximum Gasteiger partial charge on any atom is 0.331 e. The summed E-state index contributed by atoms with van der Waals surface area (Å²) >= 11 is 0. The summed E-state index contributed by atoms with van der Waals surface area (Å²) in [5.41, 5.74) is 0.0971. The van der Waals surface area contributed by atoms with Crippen LogP contribution < -0.4 is 0 Å². The molecule has 0 fully saturated rings. The molecule has 0 amide bonds. The summed E-state index contributed by atoms with van der Waals surface area (Å²) in [6.07, 6.45) is 3.23. The van der Waals surface area contributed by atoms with E-state index in [-0.39, 0.29) is 0 Å². The predicted octanol–water partition coefficient (Wildman–Crippen LogP) is 1.16. The molecule has 0 saturated carbocycles. The van der Waals surface area contributed by atoms with Gasteiger partial charge in [-0.2, -0.15) is 0 Å². The Labute approximate surface area is 97.9 Å². The van der Waals surface area contributed by atoms with E-state index in [1.165, 1.54) is 4.68 Å². The van der Waals surface area contributed by atoms with E-state index in [2.05, 4.69) is 15.3 Å². The maximum atomic E-state index is 11.1. The maximum absolute atomic E-state index is 11.1. The van der Waals surface area contributed by atoms with Crippen molar-refractivity contribution >= 4 is 5.97 Å². The quantitative estimate of drug-likeness (QED) is 0.858. The zero-order chi connectivity index (χ0) is 12.5. The number of aromatic nitrogens is 4. The van der Waals surface area contributed by atoms with Gasteiger partial charge in [-0.05, 0) is 26.0 Å². The van der Waals surface area contributed by atoms with Gasteiger partial charge in [0.1, 0.15) is 5.69 Å². The van der Waals surface area contributed by atoms with Gasteiger partial charge in [-0.25, -0.2) is 9.48 Å². The molecule has 2 rings (SSSR count). The fraction of sp³-hybridized carbons (Fsp3) is 0.273. The van der Waals surface area contributed by atoms with Gasteiger partial charge in [-0.1, -0.05) is 11.3 Å². The monoisotopic (exact) mass is 232 g/mol. The van der Waals surface area contributed by atoms with E-state index in [0.717, 1.165) is 0 Å². The highest BCUT2D eigenvalue weighted by Crippen LogP contribution is 2.18. The Morgan fingerprint density at radius 2 is 2.12 bits per heavy atom. The summed E-state index contributed by atoms with van der Waals surface area (Å²) in [6.45, 7) is 3.12. The van der Waals surface area contributed by atoms with E-state index in [1.807, 2.05) is 6.07 Å². The third-order valence-corrected chi connectivity index (χ3v) is 2.52. The third-order valence-electron chi connectivity index (χ3n) is 2.52. The molecule has 0 spiro atoms. The molecule has 0 aromatic carbocycles. The van der Waals surface area contributed by atoms with Gasteiger partial charge in [0.15, 0.2) is 5.54 Å². The van der Waals surface area contributed by atoms with E-state index >= 15 is 0 Å². The fourth-order valence-electron chi connectivity index (χ4n) is 1.27. The molecule has 0 radical (unpaired) electrons. The molecule has 0 unspecified atom stereocenters. The average Bonchev–Trinajstić information content (AvgIpc) is 2.80. The first-order valence-corrected chi connectivity index (χ1v) is 5.09. The van der Waals surface area contributed by atoms with Crippen LogP contribution in [0.5, 0.6) is 0 Å². The highest BCUT2D eigenvalue weighted by molar-refractivity contribution is 5.75. The van der Waals surface area contributed by atoms with E-state index in [4.69, 9.17) is 5.11 Å². The summed E-state index contributed by atoms with van der Waals surface area (Å²) in [4.78, 5) is 15.2. The van der Waals surface area contributed by atoms with Crippen LogP contribution in [-0.4, -0.2) is 31.1 Å². The van der Waals surface area contributed by atoms with E-state index in [0.29, 0.717) is 11.4 Å². The normalized spacial score (nSPS) is 11.4. The fourth-order valence-corrected chi connectivity index (χ4v) is 1.27. The smallest absolute Gasteiger partial charge is 0.331 e. The summed E-state index contributed by atoms with van der Waals surface area (Å²) in [6, 6.07) is 5.43. The van der Waals surface area contributed by atoms with Crippen molar-refractivity contribution in [2.45, 2.75) is 19.4 Å². The van der Waals surface area contributed by atoms with E-state index in [9.17, 15) is 4.79 Å². The Kier molecular flexibility index (Phi) is 2.63. The number of pyridine rings is 1. The van der Waals surface area contributed by atoms with Crippen LogP contribution in [0.25, 0.3) is 11.4 Å². The lowest BCUT2D eigenvalue weighted by atomic mass is 10.1. The number of rotatable bonds is 3. The Bertz CT molecular complexity index is 533. The molecule has 0 saturated heterocycles. The highest BCUT2D eigenvalue weighted by atomic mass is 16.4. The lowest BCUT2D eigenvalue weighted by molar-refractivity contribution is -0.146. The minimum atomic E-state index is -1.12. The van der Waals surface area contributed by atoms with Crippen LogP contribution in [0.3, 0.4) is 0 Å². The second-order valence-corrected chi connectivity index (χ2v) is 4.13. The second-order valence-electron chi connectivity index (χ2n) is 4.13. The van der Waals surface area contributed by atoms with Gasteiger partial charge in [-0.3, -0.25) is 4.98 Å². The standard InChI is InChI=1S/C11H12N4O2/c1-11(2,10(16)17)15-7-9(13-14-15)8-5-3-4-6-12-8/h3-7H,1-2H3,(H,16,17). The Hall–Kier alpha value is -2.24. The van der Waals surface area contributed by atoms with E-state index < -0.39 is 11.5 Å². The first-order valence-electron chi connectivity index (χ1n) is 5.09. The van der Waals surface area contributed by atoms with Gasteiger partial charge >= 0.3 is 5.97 Å². The lowest BCUT2D eigenvalue weighted by Gasteiger charge is -2.18. The molecule has 0 aliphatic rings. The number of hydrogen-bond donors (Lipinski definition) is 1. The average molecular weight is 232 g/mol. The van der Waals surface area contributed by atoms with Crippen LogP contribution in [0.1, 0.15) is 13.8 Å². The topological polar surface area (TPSA) is 80.9 Å². The molecule has 88 valence electrons. The number of carboxylic acid groups (broad SMARTS) is 1. The molecule has 0 bridgehead atoms. The Morgan fingerprint density at radius 1 is 1.35 bits per heavy atom. The molecule has 17 heavy (non-hydrogen) atoms. The molecule has 2 heterocycles. The summed E-state index contributed by atoms with van der Waals surface area (Å²) < 4.78 is 1.32.